The van der Waals surface area contributed by atoms with E-state index in [1.165, 1.54) is 12.1 Å². The van der Waals surface area contributed by atoms with Gasteiger partial charge in [0.2, 0.25) is 0 Å². The molecule has 0 fully saturated rings. The van der Waals surface area contributed by atoms with Crippen LogP contribution in [0.5, 0.6) is 0 Å². The molecule has 0 aliphatic heterocycles. The van der Waals surface area contributed by atoms with Crippen LogP contribution in [0.25, 0.3) is 22.4 Å². The molecule has 3 rings (SSSR count). The van der Waals surface area contributed by atoms with E-state index in [0.717, 1.165) is 25.9 Å². The third-order valence-electron chi connectivity index (χ3n) is 4.39. The standard InChI is InChI=1S/C21H24FN3O3/c1-3-4-11-27-12-5-10-23-20(26)17-13-18(15-6-8-16(22)9-7-15)24-21-19(17)14(2)25-28-21/h6-9,13H,3-5,10-12H2,1-2H3,(H,23,26). The average Bonchev–Trinajstić information content (AvgIpc) is 3.08. The van der Waals surface area contributed by atoms with E-state index >= 15 is 0 Å². The Morgan fingerprint density at radius 2 is 1.96 bits per heavy atom. The minimum atomic E-state index is -0.334. The van der Waals surface area contributed by atoms with Crippen molar-refractivity contribution in [1.29, 1.82) is 0 Å². The largest absolute Gasteiger partial charge is 0.381 e. The van der Waals surface area contributed by atoms with Gasteiger partial charge in [0, 0.05) is 25.3 Å². The molecule has 0 radical (unpaired) electrons. The third kappa shape index (κ3) is 4.72. The molecule has 0 atom stereocenters. The summed E-state index contributed by atoms with van der Waals surface area (Å²) in [6, 6.07) is 7.62. The number of hydrogen-bond acceptors (Lipinski definition) is 5. The molecule has 0 spiro atoms. The number of carbonyl (C=O) groups is 1. The fraction of sp³-hybridized carbons (Fsp3) is 0.381. The molecule has 7 heteroatoms. The second kappa shape index (κ2) is 9.41. The lowest BCUT2D eigenvalue weighted by molar-refractivity contribution is 0.0942. The van der Waals surface area contributed by atoms with E-state index in [-0.39, 0.29) is 17.4 Å². The molecule has 2 heterocycles. The zero-order valence-electron chi connectivity index (χ0n) is 16.1. The van der Waals surface area contributed by atoms with Gasteiger partial charge in [-0.25, -0.2) is 9.37 Å². The minimum Gasteiger partial charge on any atom is -0.381 e. The van der Waals surface area contributed by atoms with E-state index in [0.29, 0.717) is 41.1 Å². The monoisotopic (exact) mass is 385 g/mol. The molecule has 148 valence electrons. The number of nitrogens with zero attached hydrogens (tertiary/aromatic N) is 2. The molecule has 0 bridgehead atoms. The first kappa shape index (κ1) is 19.9. The van der Waals surface area contributed by atoms with Crippen molar-refractivity contribution in [2.45, 2.75) is 33.1 Å². The Labute approximate surface area is 163 Å². The van der Waals surface area contributed by atoms with Crippen LogP contribution in [-0.4, -0.2) is 35.8 Å². The normalized spacial score (nSPS) is 11.1. The zero-order chi connectivity index (χ0) is 19.9. The topological polar surface area (TPSA) is 77.2 Å². The highest BCUT2D eigenvalue weighted by Crippen LogP contribution is 2.27. The number of halogens is 1. The Bertz CT molecular complexity index is 938. The lowest BCUT2D eigenvalue weighted by atomic mass is 10.0. The highest BCUT2D eigenvalue weighted by molar-refractivity contribution is 6.06. The van der Waals surface area contributed by atoms with Crippen molar-refractivity contribution in [1.82, 2.24) is 15.5 Å². The van der Waals surface area contributed by atoms with Crippen LogP contribution >= 0.6 is 0 Å². The SMILES string of the molecule is CCCCOCCCNC(=O)c1cc(-c2ccc(F)cc2)nc2onc(C)c12. The van der Waals surface area contributed by atoms with Gasteiger partial charge in [0.15, 0.2) is 0 Å². The predicted molar refractivity (Wildman–Crippen MR) is 105 cm³/mol. The van der Waals surface area contributed by atoms with Crippen LogP contribution in [0.2, 0.25) is 0 Å². The summed E-state index contributed by atoms with van der Waals surface area (Å²) in [5.74, 6) is -0.560. The minimum absolute atomic E-state index is 0.226. The summed E-state index contributed by atoms with van der Waals surface area (Å²) in [4.78, 5) is 17.2. The van der Waals surface area contributed by atoms with Crippen LogP contribution in [-0.2, 0) is 4.74 Å². The number of carbonyl (C=O) groups excluding carboxylic acids is 1. The summed E-state index contributed by atoms with van der Waals surface area (Å²) in [6.45, 7) is 5.75. The molecule has 0 saturated heterocycles. The van der Waals surface area contributed by atoms with Gasteiger partial charge in [0.05, 0.1) is 22.3 Å². The predicted octanol–water partition coefficient (Wildman–Crippen LogP) is 4.27. The maximum Gasteiger partial charge on any atom is 0.259 e. The quantitative estimate of drug-likeness (QED) is 0.557. The number of unbranched alkanes of at least 4 members (excludes halogenated alkanes) is 1. The molecular formula is C21H24FN3O3. The van der Waals surface area contributed by atoms with Gasteiger partial charge in [0.1, 0.15) is 5.82 Å². The van der Waals surface area contributed by atoms with E-state index in [2.05, 4.69) is 22.4 Å². The number of aryl methyl sites for hydroxylation is 1. The Morgan fingerprint density at radius 3 is 2.71 bits per heavy atom. The third-order valence-corrected chi connectivity index (χ3v) is 4.39. The lowest BCUT2D eigenvalue weighted by Crippen LogP contribution is -2.25. The molecule has 6 nitrogen and oxygen atoms in total. The molecule has 28 heavy (non-hydrogen) atoms. The van der Waals surface area contributed by atoms with Crippen LogP contribution in [0.3, 0.4) is 0 Å². The van der Waals surface area contributed by atoms with Crippen LogP contribution in [0, 0.1) is 12.7 Å². The number of amides is 1. The first-order valence-corrected chi connectivity index (χ1v) is 9.49. The Kier molecular flexibility index (Phi) is 6.71. The van der Waals surface area contributed by atoms with Gasteiger partial charge >= 0.3 is 0 Å². The van der Waals surface area contributed by atoms with E-state index in [1.807, 2.05) is 0 Å². The molecule has 0 aliphatic rings. The van der Waals surface area contributed by atoms with Gasteiger partial charge in [-0.2, -0.15) is 0 Å². The van der Waals surface area contributed by atoms with E-state index < -0.39 is 0 Å². The van der Waals surface area contributed by atoms with Crippen LogP contribution in [0.15, 0.2) is 34.9 Å². The molecule has 3 aromatic rings. The summed E-state index contributed by atoms with van der Waals surface area (Å²) in [6.07, 6.45) is 2.88. The molecule has 0 saturated carbocycles. The average molecular weight is 385 g/mol. The number of nitrogens with one attached hydrogen (secondary N) is 1. The maximum atomic E-state index is 13.2. The molecular weight excluding hydrogens is 361 g/mol. The number of rotatable bonds is 9. The highest BCUT2D eigenvalue weighted by atomic mass is 19.1. The van der Waals surface area contributed by atoms with Gasteiger partial charge in [-0.3, -0.25) is 4.79 Å². The maximum absolute atomic E-state index is 13.2. The van der Waals surface area contributed by atoms with Crippen molar-refractivity contribution in [2.24, 2.45) is 0 Å². The van der Waals surface area contributed by atoms with Gasteiger partial charge in [-0.1, -0.05) is 18.5 Å². The van der Waals surface area contributed by atoms with Crippen LogP contribution in [0.1, 0.15) is 42.2 Å². The molecule has 1 N–H and O–H groups in total. The van der Waals surface area contributed by atoms with Crippen molar-refractivity contribution in [3.8, 4) is 11.3 Å². The summed E-state index contributed by atoms with van der Waals surface area (Å²) in [7, 11) is 0. The molecule has 2 aromatic heterocycles. The number of pyridine rings is 1. The number of fused-ring (bicyclic) bond motifs is 1. The Balaban J connectivity index is 1.76. The first-order valence-electron chi connectivity index (χ1n) is 9.49. The lowest BCUT2D eigenvalue weighted by Gasteiger charge is -2.09. The smallest absolute Gasteiger partial charge is 0.259 e. The summed E-state index contributed by atoms with van der Waals surface area (Å²) in [5.41, 5.74) is 2.54. The fourth-order valence-electron chi connectivity index (χ4n) is 2.86. The van der Waals surface area contributed by atoms with Crippen LogP contribution in [0.4, 0.5) is 4.39 Å². The van der Waals surface area contributed by atoms with Crippen molar-refractivity contribution in [3.63, 3.8) is 0 Å². The summed E-state index contributed by atoms with van der Waals surface area (Å²) < 4.78 is 24.0. The van der Waals surface area contributed by atoms with Gasteiger partial charge in [0.25, 0.3) is 11.6 Å². The molecule has 0 aliphatic carbocycles. The second-order valence-electron chi connectivity index (χ2n) is 6.59. The number of ether oxygens (including phenoxy) is 1. The van der Waals surface area contributed by atoms with Crippen molar-refractivity contribution < 1.29 is 18.4 Å². The first-order chi connectivity index (χ1) is 13.6. The van der Waals surface area contributed by atoms with Gasteiger partial charge < -0.3 is 14.6 Å². The van der Waals surface area contributed by atoms with E-state index in [9.17, 15) is 9.18 Å². The van der Waals surface area contributed by atoms with Crippen molar-refractivity contribution >= 4 is 17.0 Å². The van der Waals surface area contributed by atoms with Gasteiger partial charge in [-0.15, -0.1) is 0 Å². The van der Waals surface area contributed by atoms with Crippen molar-refractivity contribution in [2.75, 3.05) is 19.8 Å². The number of hydrogen-bond donors (Lipinski definition) is 1. The fourth-order valence-corrected chi connectivity index (χ4v) is 2.86. The summed E-state index contributed by atoms with van der Waals surface area (Å²) in [5, 5.41) is 7.42. The number of benzene rings is 1. The second-order valence-corrected chi connectivity index (χ2v) is 6.59. The number of aromatic nitrogens is 2. The van der Waals surface area contributed by atoms with Crippen LogP contribution < -0.4 is 5.32 Å². The summed E-state index contributed by atoms with van der Waals surface area (Å²) >= 11 is 0. The Hall–Kier alpha value is -2.80. The van der Waals surface area contributed by atoms with E-state index in [4.69, 9.17) is 9.26 Å². The zero-order valence-corrected chi connectivity index (χ0v) is 16.1. The molecule has 1 amide bonds. The molecule has 1 aromatic carbocycles. The molecule has 0 unspecified atom stereocenters. The van der Waals surface area contributed by atoms with E-state index in [1.54, 1.807) is 25.1 Å². The van der Waals surface area contributed by atoms with Gasteiger partial charge in [-0.05, 0) is 50.1 Å². The highest BCUT2D eigenvalue weighted by Gasteiger charge is 2.19. The van der Waals surface area contributed by atoms with Crippen molar-refractivity contribution in [3.05, 3.63) is 47.4 Å². The Morgan fingerprint density at radius 1 is 1.21 bits per heavy atom.